The first kappa shape index (κ1) is 15.7. The molecule has 0 aliphatic carbocycles. The second kappa shape index (κ2) is 7.39. The summed E-state index contributed by atoms with van der Waals surface area (Å²) in [7, 11) is 0. The first-order valence-corrected chi connectivity index (χ1v) is 8.90. The molecule has 2 aliphatic rings. The molecule has 1 amide bonds. The zero-order chi connectivity index (χ0) is 15.4. The van der Waals surface area contributed by atoms with E-state index >= 15 is 0 Å². The molecule has 3 rings (SSSR count). The number of nitrogens with one attached hydrogen (secondary N) is 1. The normalized spacial score (nSPS) is 24.4. The van der Waals surface area contributed by atoms with Crippen LogP contribution in [0.1, 0.15) is 19.8 Å². The molecule has 1 N–H and O–H groups in total. The minimum absolute atomic E-state index is 0.0835. The number of hydrogen-bond donors (Lipinski definition) is 1. The van der Waals surface area contributed by atoms with E-state index in [1.54, 1.807) is 11.3 Å². The van der Waals surface area contributed by atoms with Gasteiger partial charge in [-0.15, -0.1) is 11.3 Å². The predicted octanol–water partition coefficient (Wildman–Crippen LogP) is 0.949. The van der Waals surface area contributed by atoms with Crippen LogP contribution in [0.3, 0.4) is 0 Å². The molecule has 0 aromatic carbocycles. The molecular formula is C15H24N4O2S. The zero-order valence-corrected chi connectivity index (χ0v) is 13.8. The van der Waals surface area contributed by atoms with Crippen LogP contribution in [0.5, 0.6) is 0 Å². The summed E-state index contributed by atoms with van der Waals surface area (Å²) < 4.78 is 5.54. The lowest BCUT2D eigenvalue weighted by atomic mass is 10.2. The van der Waals surface area contributed by atoms with Crippen molar-refractivity contribution >= 4 is 22.4 Å². The Labute approximate surface area is 135 Å². The maximum absolute atomic E-state index is 12.3. The molecule has 2 atom stereocenters. The van der Waals surface area contributed by atoms with E-state index in [0.29, 0.717) is 6.54 Å². The van der Waals surface area contributed by atoms with E-state index in [1.165, 1.54) is 0 Å². The monoisotopic (exact) mass is 324 g/mol. The van der Waals surface area contributed by atoms with Crippen LogP contribution in [0.4, 0.5) is 5.13 Å². The maximum atomic E-state index is 12.3. The van der Waals surface area contributed by atoms with Crippen LogP contribution >= 0.6 is 11.3 Å². The highest BCUT2D eigenvalue weighted by Gasteiger charge is 2.27. The average Bonchev–Trinajstić information content (AvgIpc) is 3.25. The number of aromatic nitrogens is 1. The number of amides is 1. The molecule has 2 fully saturated rings. The highest BCUT2D eigenvalue weighted by atomic mass is 32.1. The first-order valence-electron chi connectivity index (χ1n) is 8.02. The van der Waals surface area contributed by atoms with Gasteiger partial charge in [-0.2, -0.15) is 0 Å². The van der Waals surface area contributed by atoms with Gasteiger partial charge in [0.15, 0.2) is 5.13 Å². The Morgan fingerprint density at radius 3 is 2.95 bits per heavy atom. The van der Waals surface area contributed by atoms with Crippen LogP contribution < -0.4 is 10.2 Å². The molecule has 1 aromatic heterocycles. The summed E-state index contributed by atoms with van der Waals surface area (Å²) in [5.74, 6) is 0.109. The molecule has 1 aromatic rings. The van der Waals surface area contributed by atoms with Crippen molar-refractivity contribution in [3.63, 3.8) is 0 Å². The molecule has 22 heavy (non-hydrogen) atoms. The SMILES string of the molecule is C[C@@H](C(=O)NC[C@H]1CCCO1)N1CCN(c2nccs2)CC1. The van der Waals surface area contributed by atoms with E-state index in [9.17, 15) is 4.79 Å². The average molecular weight is 324 g/mol. The van der Waals surface area contributed by atoms with E-state index in [-0.39, 0.29) is 18.1 Å². The Bertz CT molecular complexity index is 468. The summed E-state index contributed by atoms with van der Waals surface area (Å²) in [6.45, 7) is 7.11. The quantitative estimate of drug-likeness (QED) is 0.874. The number of anilines is 1. The van der Waals surface area contributed by atoms with Crippen molar-refractivity contribution in [3.8, 4) is 0 Å². The third-order valence-corrected chi connectivity index (χ3v) is 5.29. The van der Waals surface area contributed by atoms with Crippen LogP contribution in [0, 0.1) is 0 Å². The number of carbonyl (C=O) groups is 1. The molecule has 122 valence electrons. The molecular weight excluding hydrogens is 300 g/mol. The number of rotatable bonds is 5. The van der Waals surface area contributed by atoms with Gasteiger partial charge in [0.25, 0.3) is 0 Å². The molecule has 2 aliphatic heterocycles. The molecule has 3 heterocycles. The van der Waals surface area contributed by atoms with Gasteiger partial charge in [0, 0.05) is 50.9 Å². The van der Waals surface area contributed by atoms with E-state index in [2.05, 4.69) is 20.1 Å². The van der Waals surface area contributed by atoms with Crippen LogP contribution in [0.15, 0.2) is 11.6 Å². The van der Waals surface area contributed by atoms with Crippen molar-refractivity contribution in [2.75, 3.05) is 44.2 Å². The van der Waals surface area contributed by atoms with Gasteiger partial charge < -0.3 is 15.0 Å². The summed E-state index contributed by atoms with van der Waals surface area (Å²) >= 11 is 1.67. The molecule has 2 saturated heterocycles. The van der Waals surface area contributed by atoms with Gasteiger partial charge in [0.05, 0.1) is 12.1 Å². The Hall–Kier alpha value is -1.18. The lowest BCUT2D eigenvalue weighted by Crippen LogP contribution is -2.54. The number of carbonyl (C=O) groups excluding carboxylic acids is 1. The van der Waals surface area contributed by atoms with Crippen molar-refractivity contribution < 1.29 is 9.53 Å². The summed E-state index contributed by atoms with van der Waals surface area (Å²) in [5.41, 5.74) is 0. The third kappa shape index (κ3) is 3.77. The fourth-order valence-corrected chi connectivity index (χ4v) is 3.70. The number of hydrogen-bond acceptors (Lipinski definition) is 6. The molecule has 0 saturated carbocycles. The standard InChI is InChI=1S/C15H24N4O2S/c1-12(14(20)17-11-13-3-2-9-21-13)18-5-7-19(8-6-18)15-16-4-10-22-15/h4,10,12-13H,2-3,5-9,11H2,1H3,(H,17,20)/t12-,13+/m0/s1. The van der Waals surface area contributed by atoms with E-state index in [1.807, 2.05) is 18.5 Å². The van der Waals surface area contributed by atoms with Gasteiger partial charge in [-0.1, -0.05) is 0 Å². The topological polar surface area (TPSA) is 57.7 Å². The van der Waals surface area contributed by atoms with E-state index in [4.69, 9.17) is 4.74 Å². The molecule has 0 unspecified atom stereocenters. The second-order valence-electron chi connectivity index (χ2n) is 5.89. The highest BCUT2D eigenvalue weighted by molar-refractivity contribution is 7.13. The predicted molar refractivity (Wildman–Crippen MR) is 87.3 cm³/mol. The van der Waals surface area contributed by atoms with Gasteiger partial charge >= 0.3 is 0 Å². The van der Waals surface area contributed by atoms with Gasteiger partial charge in [-0.25, -0.2) is 4.98 Å². The Morgan fingerprint density at radius 2 is 2.32 bits per heavy atom. The number of piperazine rings is 1. The number of ether oxygens (including phenoxy) is 1. The van der Waals surface area contributed by atoms with Gasteiger partial charge in [0.2, 0.25) is 5.91 Å². The van der Waals surface area contributed by atoms with Crippen LogP contribution in [-0.4, -0.2) is 67.3 Å². The summed E-state index contributed by atoms with van der Waals surface area (Å²) in [5, 5.41) is 6.11. The Balaban J connectivity index is 1.42. The second-order valence-corrected chi connectivity index (χ2v) is 6.77. The summed E-state index contributed by atoms with van der Waals surface area (Å²) in [4.78, 5) is 21.2. The lowest BCUT2D eigenvalue weighted by Gasteiger charge is -2.37. The van der Waals surface area contributed by atoms with Crippen molar-refractivity contribution in [1.29, 1.82) is 0 Å². The molecule has 0 spiro atoms. The van der Waals surface area contributed by atoms with Gasteiger partial charge in [-0.3, -0.25) is 9.69 Å². The third-order valence-electron chi connectivity index (χ3n) is 4.46. The van der Waals surface area contributed by atoms with Crippen molar-refractivity contribution in [1.82, 2.24) is 15.2 Å². The van der Waals surface area contributed by atoms with Crippen molar-refractivity contribution in [2.45, 2.75) is 31.9 Å². The molecule has 6 nitrogen and oxygen atoms in total. The minimum Gasteiger partial charge on any atom is -0.376 e. The Morgan fingerprint density at radius 1 is 1.50 bits per heavy atom. The number of thiazole rings is 1. The van der Waals surface area contributed by atoms with E-state index in [0.717, 1.165) is 50.8 Å². The zero-order valence-electron chi connectivity index (χ0n) is 13.0. The van der Waals surface area contributed by atoms with Crippen LogP contribution in [0.2, 0.25) is 0 Å². The Kier molecular flexibility index (Phi) is 5.28. The number of nitrogens with zero attached hydrogens (tertiary/aromatic N) is 3. The van der Waals surface area contributed by atoms with Crippen molar-refractivity contribution in [2.24, 2.45) is 0 Å². The van der Waals surface area contributed by atoms with Gasteiger partial charge in [-0.05, 0) is 19.8 Å². The maximum Gasteiger partial charge on any atom is 0.237 e. The fraction of sp³-hybridized carbons (Fsp3) is 0.733. The minimum atomic E-state index is -0.0835. The summed E-state index contributed by atoms with van der Waals surface area (Å²) in [6.07, 6.45) is 4.21. The fourth-order valence-electron chi connectivity index (χ4n) is 3.01. The highest BCUT2D eigenvalue weighted by Crippen LogP contribution is 2.19. The van der Waals surface area contributed by atoms with Crippen LogP contribution in [0.25, 0.3) is 0 Å². The molecule has 7 heteroatoms. The molecule has 0 bridgehead atoms. The van der Waals surface area contributed by atoms with E-state index < -0.39 is 0 Å². The summed E-state index contributed by atoms with van der Waals surface area (Å²) in [6, 6.07) is -0.0835. The lowest BCUT2D eigenvalue weighted by molar-refractivity contribution is -0.126. The largest absolute Gasteiger partial charge is 0.376 e. The van der Waals surface area contributed by atoms with Gasteiger partial charge in [0.1, 0.15) is 0 Å². The smallest absolute Gasteiger partial charge is 0.237 e. The first-order chi connectivity index (χ1) is 10.7. The molecule has 0 radical (unpaired) electrons. The van der Waals surface area contributed by atoms with Crippen molar-refractivity contribution in [3.05, 3.63) is 11.6 Å². The van der Waals surface area contributed by atoms with Crippen LogP contribution in [-0.2, 0) is 9.53 Å².